The number of rotatable bonds is 7. The Hall–Kier alpha value is -1.53. The molecule has 2 heterocycles. The molecule has 11 heteroatoms. The van der Waals surface area contributed by atoms with Gasteiger partial charge in [0.2, 0.25) is 0 Å². The number of nitrogen functional groups attached to an aromatic ring is 1. The predicted octanol–water partition coefficient (Wildman–Crippen LogP) is -0.0207. The van der Waals surface area contributed by atoms with Crippen LogP contribution in [0.15, 0.2) is 5.16 Å². The molecule has 0 aromatic carbocycles. The first-order chi connectivity index (χ1) is 11.9. The monoisotopic (exact) mass is 368 g/mol. The van der Waals surface area contributed by atoms with Crippen LogP contribution >= 0.6 is 11.8 Å². The van der Waals surface area contributed by atoms with Crippen LogP contribution in [-0.4, -0.2) is 54.4 Å². The maximum atomic E-state index is 9.14. The van der Waals surface area contributed by atoms with Crippen LogP contribution in [0, 0.1) is 0 Å². The van der Waals surface area contributed by atoms with E-state index in [0.717, 1.165) is 25.0 Å². The quantitative estimate of drug-likeness (QED) is 0.296. The zero-order chi connectivity index (χ0) is 18.0. The Labute approximate surface area is 149 Å². The molecule has 1 saturated carbocycles. The van der Waals surface area contributed by atoms with E-state index >= 15 is 0 Å². The lowest BCUT2D eigenvalue weighted by Gasteiger charge is -2.26. The van der Waals surface area contributed by atoms with Crippen LogP contribution in [0.5, 0.6) is 0 Å². The fraction of sp³-hybridized carbons (Fsp3) is 0.714. The van der Waals surface area contributed by atoms with E-state index < -0.39 is 12.5 Å². The molecule has 0 radical (unpaired) electrons. The van der Waals surface area contributed by atoms with Crippen molar-refractivity contribution in [3.8, 4) is 0 Å². The van der Waals surface area contributed by atoms with Gasteiger partial charge in [0.05, 0.1) is 18.8 Å². The summed E-state index contributed by atoms with van der Waals surface area (Å²) in [5, 5.41) is 18.1. The second kappa shape index (κ2) is 7.38. The molecule has 0 spiro atoms. The molecule has 1 aliphatic carbocycles. The summed E-state index contributed by atoms with van der Waals surface area (Å²) in [5.41, 5.74) is 18.5. The number of aliphatic hydroxyl groups excluding tert-OH is 1. The standard InChI is InChI=1S/C14H24N8O2S/c1-2-5-25-13-18-11(15)10-12(19-13)22(21-20-10)8-3-4-9(6-8)24-14(16,17)7-23/h8-9,23H,2-7,16-17H2,1H3,(H2,15,18,19). The summed E-state index contributed by atoms with van der Waals surface area (Å²) < 4.78 is 7.35. The van der Waals surface area contributed by atoms with Crippen molar-refractivity contribution in [1.29, 1.82) is 0 Å². The van der Waals surface area contributed by atoms with E-state index in [2.05, 4.69) is 27.2 Å². The van der Waals surface area contributed by atoms with Gasteiger partial charge in [-0.15, -0.1) is 5.10 Å². The molecule has 10 nitrogen and oxygen atoms in total. The van der Waals surface area contributed by atoms with E-state index in [1.807, 2.05) is 0 Å². The van der Waals surface area contributed by atoms with Crippen molar-refractivity contribution in [1.82, 2.24) is 25.0 Å². The number of thioether (sulfide) groups is 1. The number of aromatic nitrogens is 5. The Morgan fingerprint density at radius 1 is 1.36 bits per heavy atom. The van der Waals surface area contributed by atoms with Crippen LogP contribution < -0.4 is 17.2 Å². The van der Waals surface area contributed by atoms with Crippen LogP contribution in [0.4, 0.5) is 5.82 Å². The lowest BCUT2D eigenvalue weighted by molar-refractivity contribution is -0.111. The van der Waals surface area contributed by atoms with E-state index in [1.165, 1.54) is 0 Å². The van der Waals surface area contributed by atoms with Crippen LogP contribution in [0.25, 0.3) is 11.2 Å². The molecule has 0 bridgehead atoms. The van der Waals surface area contributed by atoms with Gasteiger partial charge in [-0.1, -0.05) is 23.9 Å². The molecule has 2 atom stereocenters. The molecular formula is C14H24N8O2S. The van der Waals surface area contributed by atoms with Gasteiger partial charge in [-0.3, -0.25) is 11.5 Å². The van der Waals surface area contributed by atoms with E-state index in [1.54, 1.807) is 16.4 Å². The maximum absolute atomic E-state index is 9.14. The molecule has 1 aliphatic rings. The van der Waals surface area contributed by atoms with Crippen molar-refractivity contribution >= 4 is 28.7 Å². The van der Waals surface area contributed by atoms with Gasteiger partial charge in [-0.25, -0.2) is 14.6 Å². The summed E-state index contributed by atoms with van der Waals surface area (Å²) in [7, 11) is 0. The lowest BCUT2D eigenvalue weighted by atomic mass is 10.2. The molecule has 2 aromatic heterocycles. The zero-order valence-electron chi connectivity index (χ0n) is 14.1. The van der Waals surface area contributed by atoms with Gasteiger partial charge in [0.25, 0.3) is 0 Å². The summed E-state index contributed by atoms with van der Waals surface area (Å²) in [6.07, 6.45) is 3.12. The van der Waals surface area contributed by atoms with Gasteiger partial charge < -0.3 is 15.6 Å². The minimum atomic E-state index is -1.53. The first kappa shape index (κ1) is 18.3. The molecule has 0 aliphatic heterocycles. The number of hydrogen-bond donors (Lipinski definition) is 4. The number of fused-ring (bicyclic) bond motifs is 1. The van der Waals surface area contributed by atoms with E-state index in [9.17, 15) is 0 Å². The number of anilines is 1. The predicted molar refractivity (Wildman–Crippen MR) is 94.5 cm³/mol. The Balaban J connectivity index is 1.81. The smallest absolute Gasteiger partial charge is 0.193 e. The van der Waals surface area contributed by atoms with Crippen LogP contribution in [-0.2, 0) is 4.74 Å². The minimum Gasteiger partial charge on any atom is -0.390 e. The number of nitrogens with two attached hydrogens (primary N) is 3. The molecule has 2 aromatic rings. The van der Waals surface area contributed by atoms with Crippen molar-refractivity contribution in [3.63, 3.8) is 0 Å². The van der Waals surface area contributed by atoms with Crippen molar-refractivity contribution < 1.29 is 9.84 Å². The largest absolute Gasteiger partial charge is 0.390 e. The highest BCUT2D eigenvalue weighted by molar-refractivity contribution is 7.99. The van der Waals surface area contributed by atoms with Gasteiger partial charge >= 0.3 is 0 Å². The highest BCUT2D eigenvalue weighted by Crippen LogP contribution is 2.34. The van der Waals surface area contributed by atoms with Gasteiger partial charge in [0.1, 0.15) is 0 Å². The Morgan fingerprint density at radius 3 is 2.88 bits per heavy atom. The molecule has 7 N–H and O–H groups in total. The van der Waals surface area contributed by atoms with Crippen LogP contribution in [0.3, 0.4) is 0 Å². The SMILES string of the molecule is CCCSc1nc(N)c2nnn(C3CCC(OC(N)(N)CO)C3)c2n1. The van der Waals surface area contributed by atoms with Gasteiger partial charge in [-0.05, 0) is 25.7 Å². The Bertz CT molecular complexity index is 737. The fourth-order valence-corrected chi connectivity index (χ4v) is 3.63. The highest BCUT2D eigenvalue weighted by atomic mass is 32.2. The normalized spacial score (nSPS) is 21.3. The summed E-state index contributed by atoms with van der Waals surface area (Å²) >= 11 is 1.56. The van der Waals surface area contributed by atoms with Crippen molar-refractivity contribution in [2.24, 2.45) is 11.5 Å². The summed E-state index contributed by atoms with van der Waals surface area (Å²) in [5.74, 6) is -0.272. The average molecular weight is 368 g/mol. The summed E-state index contributed by atoms with van der Waals surface area (Å²) in [6, 6.07) is 0.0582. The van der Waals surface area contributed by atoms with Crippen LogP contribution in [0.2, 0.25) is 0 Å². The van der Waals surface area contributed by atoms with Crippen molar-refractivity contribution in [3.05, 3.63) is 0 Å². The third kappa shape index (κ3) is 4.01. The first-order valence-corrected chi connectivity index (χ1v) is 9.29. The fourth-order valence-electron chi connectivity index (χ4n) is 2.93. The molecule has 25 heavy (non-hydrogen) atoms. The van der Waals surface area contributed by atoms with Crippen molar-refractivity contribution in [2.45, 2.75) is 55.8 Å². The Kier molecular flexibility index (Phi) is 5.39. The molecular weight excluding hydrogens is 344 g/mol. The van der Waals surface area contributed by atoms with Gasteiger partial charge in [0, 0.05) is 5.75 Å². The molecule has 1 fully saturated rings. The number of nitrogens with zero attached hydrogens (tertiary/aromatic N) is 5. The number of hydrogen-bond acceptors (Lipinski definition) is 10. The van der Waals surface area contributed by atoms with E-state index in [-0.39, 0.29) is 12.1 Å². The van der Waals surface area contributed by atoms with E-state index in [0.29, 0.717) is 28.6 Å². The minimum absolute atomic E-state index is 0.0582. The molecule has 0 saturated heterocycles. The third-order valence-corrected chi connectivity index (χ3v) is 5.15. The summed E-state index contributed by atoms with van der Waals surface area (Å²) in [4.78, 5) is 8.86. The molecule has 3 rings (SSSR count). The van der Waals surface area contributed by atoms with Crippen molar-refractivity contribution in [2.75, 3.05) is 18.1 Å². The van der Waals surface area contributed by atoms with Gasteiger partial charge in [-0.2, -0.15) is 0 Å². The van der Waals surface area contributed by atoms with Gasteiger partial charge in [0.15, 0.2) is 28.0 Å². The van der Waals surface area contributed by atoms with Crippen LogP contribution in [0.1, 0.15) is 38.6 Å². The molecule has 0 amide bonds. The molecule has 2 unspecified atom stereocenters. The average Bonchev–Trinajstić information content (AvgIpc) is 3.19. The summed E-state index contributed by atoms with van der Waals surface area (Å²) in [6.45, 7) is 1.66. The number of ether oxygens (including phenoxy) is 1. The van der Waals surface area contributed by atoms with E-state index in [4.69, 9.17) is 27.0 Å². The topological polar surface area (TPSA) is 164 Å². The second-order valence-electron chi connectivity index (χ2n) is 6.27. The lowest BCUT2D eigenvalue weighted by Crippen LogP contribution is -2.56. The first-order valence-electron chi connectivity index (χ1n) is 8.31. The third-order valence-electron chi connectivity index (χ3n) is 4.10. The Morgan fingerprint density at radius 2 is 2.16 bits per heavy atom. The zero-order valence-corrected chi connectivity index (χ0v) is 14.9. The maximum Gasteiger partial charge on any atom is 0.193 e. The second-order valence-corrected chi connectivity index (χ2v) is 7.33. The number of aliphatic hydroxyl groups is 1. The molecule has 138 valence electrons. The highest BCUT2D eigenvalue weighted by Gasteiger charge is 2.33.